The fourth-order valence-electron chi connectivity index (χ4n) is 2.61. The van der Waals surface area contributed by atoms with Crippen LogP contribution in [0.25, 0.3) is 11.1 Å². The number of benzene rings is 2. The van der Waals surface area contributed by atoms with Crippen molar-refractivity contribution in [3.63, 3.8) is 0 Å². The summed E-state index contributed by atoms with van der Waals surface area (Å²) in [5.74, 6) is -0.267. The summed E-state index contributed by atoms with van der Waals surface area (Å²) in [5.41, 5.74) is 12.9. The fourth-order valence-corrected chi connectivity index (χ4v) is 2.73. The van der Waals surface area contributed by atoms with E-state index in [0.29, 0.717) is 5.69 Å². The molecule has 0 fully saturated rings. The first-order chi connectivity index (χ1) is 10.3. The molecule has 2 aromatic carbocycles. The Morgan fingerprint density at radius 2 is 1.86 bits per heavy atom. The van der Waals surface area contributed by atoms with Gasteiger partial charge >= 0.3 is 5.97 Å². The molecule has 0 spiro atoms. The van der Waals surface area contributed by atoms with E-state index < -0.39 is 0 Å². The molecule has 22 heavy (non-hydrogen) atoms. The van der Waals surface area contributed by atoms with Gasteiger partial charge in [-0.3, -0.25) is 4.79 Å². The number of methoxy groups -OCH3 is 1. The zero-order valence-corrected chi connectivity index (χ0v) is 14.0. The van der Waals surface area contributed by atoms with Gasteiger partial charge in [-0.1, -0.05) is 23.7 Å². The second kappa shape index (κ2) is 6.41. The molecule has 0 saturated carbocycles. The van der Waals surface area contributed by atoms with Crippen molar-refractivity contribution >= 4 is 23.3 Å². The standard InChI is InChI=1S/C18H20ClNO2/c1-10-7-13(5-6-15(10)19)17-11(2)8-14(9-16(21)22-4)12(3)18(17)20/h5-8H,9,20H2,1-4H3. The van der Waals surface area contributed by atoms with Crippen LogP contribution in [0.5, 0.6) is 0 Å². The number of rotatable bonds is 3. The maximum absolute atomic E-state index is 11.5. The van der Waals surface area contributed by atoms with E-state index >= 15 is 0 Å². The van der Waals surface area contributed by atoms with Gasteiger partial charge in [0.1, 0.15) is 0 Å². The molecule has 0 aliphatic heterocycles. The summed E-state index contributed by atoms with van der Waals surface area (Å²) in [7, 11) is 1.39. The Labute approximate surface area is 136 Å². The Morgan fingerprint density at radius 1 is 1.18 bits per heavy atom. The van der Waals surface area contributed by atoms with E-state index in [1.165, 1.54) is 7.11 Å². The van der Waals surface area contributed by atoms with Crippen molar-refractivity contribution in [2.24, 2.45) is 0 Å². The van der Waals surface area contributed by atoms with Crippen molar-refractivity contribution in [3.8, 4) is 11.1 Å². The molecule has 2 rings (SSSR count). The number of halogens is 1. The van der Waals surface area contributed by atoms with Gasteiger partial charge in [0.05, 0.1) is 13.5 Å². The van der Waals surface area contributed by atoms with E-state index in [4.69, 9.17) is 22.1 Å². The van der Waals surface area contributed by atoms with Gasteiger partial charge in [-0.15, -0.1) is 0 Å². The Bertz CT molecular complexity index is 738. The van der Waals surface area contributed by atoms with Crippen LogP contribution in [-0.4, -0.2) is 13.1 Å². The summed E-state index contributed by atoms with van der Waals surface area (Å²) in [6.07, 6.45) is 0.229. The lowest BCUT2D eigenvalue weighted by Crippen LogP contribution is -2.08. The average Bonchev–Trinajstić information content (AvgIpc) is 2.48. The molecule has 0 atom stereocenters. The van der Waals surface area contributed by atoms with Gasteiger partial charge in [-0.05, 0) is 60.7 Å². The number of carbonyl (C=O) groups excluding carboxylic acids is 1. The molecule has 0 heterocycles. The lowest BCUT2D eigenvalue weighted by atomic mass is 9.91. The Kier molecular flexibility index (Phi) is 4.77. The van der Waals surface area contributed by atoms with E-state index in [2.05, 4.69) is 0 Å². The van der Waals surface area contributed by atoms with Crippen molar-refractivity contribution in [2.75, 3.05) is 12.8 Å². The molecule has 0 aliphatic rings. The topological polar surface area (TPSA) is 52.3 Å². The highest BCUT2D eigenvalue weighted by molar-refractivity contribution is 6.31. The number of aryl methyl sites for hydroxylation is 2. The molecule has 2 aromatic rings. The molecule has 0 aromatic heterocycles. The fraction of sp³-hybridized carbons (Fsp3) is 0.278. The Balaban J connectivity index is 2.56. The monoisotopic (exact) mass is 317 g/mol. The van der Waals surface area contributed by atoms with Crippen molar-refractivity contribution in [2.45, 2.75) is 27.2 Å². The molecular weight excluding hydrogens is 298 g/mol. The van der Waals surface area contributed by atoms with Crippen LogP contribution in [0.2, 0.25) is 5.02 Å². The van der Waals surface area contributed by atoms with Crippen LogP contribution in [0.1, 0.15) is 22.3 Å². The predicted molar refractivity (Wildman–Crippen MR) is 91.2 cm³/mol. The number of nitrogen functional groups attached to an aromatic ring is 1. The van der Waals surface area contributed by atoms with Crippen LogP contribution in [0.15, 0.2) is 24.3 Å². The van der Waals surface area contributed by atoms with Crippen molar-refractivity contribution in [3.05, 3.63) is 51.5 Å². The van der Waals surface area contributed by atoms with E-state index in [1.807, 2.05) is 45.0 Å². The van der Waals surface area contributed by atoms with Crippen LogP contribution >= 0.6 is 11.6 Å². The zero-order valence-electron chi connectivity index (χ0n) is 13.3. The second-order valence-corrected chi connectivity index (χ2v) is 5.89. The van der Waals surface area contributed by atoms with Gasteiger partial charge < -0.3 is 10.5 Å². The summed E-state index contributed by atoms with van der Waals surface area (Å²) in [5, 5.41) is 0.735. The quantitative estimate of drug-likeness (QED) is 0.681. The molecular formula is C18H20ClNO2. The SMILES string of the molecule is COC(=O)Cc1cc(C)c(-c2ccc(Cl)c(C)c2)c(N)c1C. The van der Waals surface area contributed by atoms with Gasteiger partial charge in [-0.25, -0.2) is 0 Å². The summed E-state index contributed by atoms with van der Waals surface area (Å²) in [4.78, 5) is 11.5. The number of hydrogen-bond acceptors (Lipinski definition) is 3. The van der Waals surface area contributed by atoms with Crippen molar-refractivity contribution in [1.82, 2.24) is 0 Å². The second-order valence-electron chi connectivity index (χ2n) is 5.48. The summed E-state index contributed by atoms with van der Waals surface area (Å²) >= 11 is 6.09. The van der Waals surface area contributed by atoms with E-state index in [0.717, 1.165) is 38.4 Å². The molecule has 4 heteroatoms. The third-order valence-electron chi connectivity index (χ3n) is 3.95. The molecule has 0 radical (unpaired) electrons. The third kappa shape index (κ3) is 3.09. The van der Waals surface area contributed by atoms with Gasteiger partial charge in [0.2, 0.25) is 0 Å². The number of hydrogen-bond donors (Lipinski definition) is 1. The molecule has 3 nitrogen and oxygen atoms in total. The lowest BCUT2D eigenvalue weighted by molar-refractivity contribution is -0.139. The number of esters is 1. The third-order valence-corrected chi connectivity index (χ3v) is 4.37. The minimum absolute atomic E-state index is 0.229. The highest BCUT2D eigenvalue weighted by Crippen LogP contribution is 2.35. The molecule has 0 saturated heterocycles. The first-order valence-corrected chi connectivity index (χ1v) is 7.44. The highest BCUT2D eigenvalue weighted by Gasteiger charge is 2.15. The van der Waals surface area contributed by atoms with Gasteiger partial charge in [0, 0.05) is 16.3 Å². The number of anilines is 1. The molecule has 0 aliphatic carbocycles. The maximum Gasteiger partial charge on any atom is 0.309 e. The summed E-state index contributed by atoms with van der Waals surface area (Å²) < 4.78 is 4.74. The van der Waals surface area contributed by atoms with E-state index in [9.17, 15) is 4.79 Å². The molecule has 116 valence electrons. The number of carbonyl (C=O) groups is 1. The van der Waals surface area contributed by atoms with E-state index in [1.54, 1.807) is 0 Å². The van der Waals surface area contributed by atoms with Crippen LogP contribution in [-0.2, 0) is 16.0 Å². The molecule has 0 unspecified atom stereocenters. The highest BCUT2D eigenvalue weighted by atomic mass is 35.5. The summed E-state index contributed by atoms with van der Waals surface area (Å²) in [6, 6.07) is 7.87. The molecule has 0 bridgehead atoms. The molecule has 0 amide bonds. The van der Waals surface area contributed by atoms with Crippen molar-refractivity contribution in [1.29, 1.82) is 0 Å². The van der Waals surface area contributed by atoms with Gasteiger partial charge in [0.25, 0.3) is 0 Å². The number of ether oxygens (including phenoxy) is 1. The summed E-state index contributed by atoms with van der Waals surface area (Å²) in [6.45, 7) is 5.89. The van der Waals surface area contributed by atoms with Crippen LogP contribution in [0, 0.1) is 20.8 Å². The first-order valence-electron chi connectivity index (χ1n) is 7.07. The van der Waals surface area contributed by atoms with Gasteiger partial charge in [0.15, 0.2) is 0 Å². The van der Waals surface area contributed by atoms with Crippen LogP contribution in [0.3, 0.4) is 0 Å². The van der Waals surface area contributed by atoms with Crippen LogP contribution < -0.4 is 5.73 Å². The largest absolute Gasteiger partial charge is 0.469 e. The molecule has 2 N–H and O–H groups in total. The minimum atomic E-state index is -0.267. The maximum atomic E-state index is 11.5. The zero-order chi connectivity index (χ0) is 16.4. The number of nitrogens with two attached hydrogens (primary N) is 1. The van der Waals surface area contributed by atoms with E-state index in [-0.39, 0.29) is 12.4 Å². The smallest absolute Gasteiger partial charge is 0.309 e. The minimum Gasteiger partial charge on any atom is -0.469 e. The van der Waals surface area contributed by atoms with Crippen LogP contribution in [0.4, 0.5) is 5.69 Å². The Hall–Kier alpha value is -2.00. The first kappa shape index (κ1) is 16.4. The Morgan fingerprint density at radius 3 is 2.45 bits per heavy atom. The average molecular weight is 318 g/mol. The van der Waals surface area contributed by atoms with Gasteiger partial charge in [-0.2, -0.15) is 0 Å². The predicted octanol–water partition coefficient (Wildman–Crippen LogP) is 4.23. The normalized spacial score (nSPS) is 10.6. The lowest BCUT2D eigenvalue weighted by Gasteiger charge is -2.17. The van der Waals surface area contributed by atoms with Crippen molar-refractivity contribution < 1.29 is 9.53 Å².